The van der Waals surface area contributed by atoms with E-state index in [-0.39, 0.29) is 36.1 Å². The van der Waals surface area contributed by atoms with Gasteiger partial charge in [-0.3, -0.25) is 9.59 Å². The first-order valence-electron chi connectivity index (χ1n) is 7.20. The Morgan fingerprint density at radius 2 is 1.90 bits per heavy atom. The third kappa shape index (κ3) is 4.28. The number of hydrogen-bond acceptors (Lipinski definition) is 3. The number of rotatable bonds is 4. The summed E-state index contributed by atoms with van der Waals surface area (Å²) in [6.07, 6.45) is 2.99. The van der Waals surface area contributed by atoms with E-state index < -0.39 is 0 Å². The SMILES string of the molecule is COC(=O)C1CCC(NC(=O)Cc2ccccc2F)CC1. The van der Waals surface area contributed by atoms with Gasteiger partial charge >= 0.3 is 5.97 Å². The highest BCUT2D eigenvalue weighted by molar-refractivity contribution is 5.79. The Labute approximate surface area is 123 Å². The largest absolute Gasteiger partial charge is 0.469 e. The van der Waals surface area contributed by atoms with Gasteiger partial charge in [0, 0.05) is 6.04 Å². The third-order valence-electron chi connectivity index (χ3n) is 3.94. The van der Waals surface area contributed by atoms with Crippen LogP contribution in [-0.2, 0) is 20.7 Å². The molecule has 21 heavy (non-hydrogen) atoms. The lowest BCUT2D eigenvalue weighted by Gasteiger charge is -2.27. The molecule has 0 heterocycles. The number of carbonyl (C=O) groups excluding carboxylic acids is 2. The Bertz CT molecular complexity index is 510. The standard InChI is InChI=1S/C16H20FNO3/c1-21-16(20)11-6-8-13(9-7-11)18-15(19)10-12-4-2-3-5-14(12)17/h2-5,11,13H,6-10H2,1H3,(H,18,19). The van der Waals surface area contributed by atoms with E-state index in [4.69, 9.17) is 4.74 Å². The van der Waals surface area contributed by atoms with Crippen LogP contribution in [0.4, 0.5) is 4.39 Å². The molecule has 0 aromatic heterocycles. The zero-order valence-electron chi connectivity index (χ0n) is 12.1. The quantitative estimate of drug-likeness (QED) is 0.866. The molecule has 1 saturated carbocycles. The summed E-state index contributed by atoms with van der Waals surface area (Å²) in [5.41, 5.74) is 0.401. The lowest BCUT2D eigenvalue weighted by molar-refractivity contribution is -0.146. The van der Waals surface area contributed by atoms with Crippen molar-refractivity contribution in [1.29, 1.82) is 0 Å². The van der Waals surface area contributed by atoms with Crippen LogP contribution in [0.15, 0.2) is 24.3 Å². The maximum atomic E-state index is 13.5. The summed E-state index contributed by atoms with van der Waals surface area (Å²) in [4.78, 5) is 23.4. The minimum Gasteiger partial charge on any atom is -0.469 e. The summed E-state index contributed by atoms with van der Waals surface area (Å²) in [6, 6.07) is 6.34. The summed E-state index contributed by atoms with van der Waals surface area (Å²) in [7, 11) is 1.39. The van der Waals surface area contributed by atoms with Crippen molar-refractivity contribution < 1.29 is 18.7 Å². The Balaban J connectivity index is 1.80. The number of halogens is 1. The van der Waals surface area contributed by atoms with E-state index in [0.717, 1.165) is 25.7 Å². The van der Waals surface area contributed by atoms with Gasteiger partial charge in [0.05, 0.1) is 19.4 Å². The maximum Gasteiger partial charge on any atom is 0.308 e. The summed E-state index contributed by atoms with van der Waals surface area (Å²) in [6.45, 7) is 0. The Morgan fingerprint density at radius 3 is 2.52 bits per heavy atom. The molecular weight excluding hydrogens is 273 g/mol. The number of nitrogens with one attached hydrogen (secondary N) is 1. The first-order chi connectivity index (χ1) is 10.1. The minimum atomic E-state index is -0.359. The normalized spacial score (nSPS) is 21.6. The van der Waals surface area contributed by atoms with Crippen molar-refractivity contribution in [2.45, 2.75) is 38.1 Å². The van der Waals surface area contributed by atoms with Gasteiger partial charge < -0.3 is 10.1 Å². The number of methoxy groups -OCH3 is 1. The zero-order valence-corrected chi connectivity index (χ0v) is 12.1. The lowest BCUT2D eigenvalue weighted by atomic mass is 9.86. The smallest absolute Gasteiger partial charge is 0.308 e. The molecule has 0 atom stereocenters. The predicted molar refractivity (Wildman–Crippen MR) is 76.0 cm³/mol. The molecule has 0 spiro atoms. The van der Waals surface area contributed by atoms with Crippen LogP contribution in [0.3, 0.4) is 0 Å². The molecule has 1 amide bonds. The summed E-state index contributed by atoms with van der Waals surface area (Å²) >= 11 is 0. The van der Waals surface area contributed by atoms with E-state index in [1.807, 2.05) is 0 Å². The summed E-state index contributed by atoms with van der Waals surface area (Å²) in [5, 5.41) is 2.91. The molecule has 1 N–H and O–H groups in total. The second-order valence-corrected chi connectivity index (χ2v) is 5.41. The molecule has 0 saturated heterocycles. The van der Waals surface area contributed by atoms with Gasteiger partial charge in [0.15, 0.2) is 0 Å². The van der Waals surface area contributed by atoms with Crippen molar-refractivity contribution in [2.75, 3.05) is 7.11 Å². The van der Waals surface area contributed by atoms with Crippen LogP contribution < -0.4 is 5.32 Å². The molecule has 1 aromatic rings. The summed E-state index contributed by atoms with van der Waals surface area (Å²) < 4.78 is 18.2. The van der Waals surface area contributed by atoms with Gasteiger partial charge in [-0.15, -0.1) is 0 Å². The molecule has 114 valence electrons. The number of carbonyl (C=O) groups is 2. The molecule has 0 bridgehead atoms. The van der Waals surface area contributed by atoms with E-state index in [1.54, 1.807) is 18.2 Å². The fourth-order valence-electron chi connectivity index (χ4n) is 2.73. The van der Waals surface area contributed by atoms with E-state index in [1.165, 1.54) is 13.2 Å². The molecule has 1 aliphatic rings. The van der Waals surface area contributed by atoms with Crippen LogP contribution in [0.25, 0.3) is 0 Å². The molecule has 1 fully saturated rings. The molecule has 1 aliphatic carbocycles. The molecule has 0 aliphatic heterocycles. The minimum absolute atomic E-state index is 0.0452. The van der Waals surface area contributed by atoms with Gasteiger partial charge in [-0.1, -0.05) is 18.2 Å². The number of ether oxygens (including phenoxy) is 1. The molecule has 0 radical (unpaired) electrons. The second-order valence-electron chi connectivity index (χ2n) is 5.41. The topological polar surface area (TPSA) is 55.4 Å². The van der Waals surface area contributed by atoms with Gasteiger partial charge in [0.1, 0.15) is 5.82 Å². The number of benzene rings is 1. The van der Waals surface area contributed by atoms with E-state index in [2.05, 4.69) is 5.32 Å². The Hall–Kier alpha value is -1.91. The molecule has 0 unspecified atom stereocenters. The van der Waals surface area contributed by atoms with E-state index >= 15 is 0 Å². The van der Waals surface area contributed by atoms with Gasteiger partial charge in [-0.25, -0.2) is 4.39 Å². The van der Waals surface area contributed by atoms with Crippen LogP contribution in [0.1, 0.15) is 31.2 Å². The highest BCUT2D eigenvalue weighted by Crippen LogP contribution is 2.25. The highest BCUT2D eigenvalue weighted by Gasteiger charge is 2.27. The average molecular weight is 293 g/mol. The average Bonchev–Trinajstić information content (AvgIpc) is 2.49. The first kappa shape index (κ1) is 15.5. The van der Waals surface area contributed by atoms with Gasteiger partial charge in [0.25, 0.3) is 0 Å². The molecule has 1 aromatic carbocycles. The fraction of sp³-hybridized carbons (Fsp3) is 0.500. The van der Waals surface area contributed by atoms with Crippen LogP contribution in [-0.4, -0.2) is 25.0 Å². The molecule has 4 nitrogen and oxygen atoms in total. The predicted octanol–water partition coefficient (Wildman–Crippen LogP) is 2.22. The van der Waals surface area contributed by atoms with Crippen LogP contribution in [0.2, 0.25) is 0 Å². The number of amides is 1. The maximum absolute atomic E-state index is 13.5. The van der Waals surface area contributed by atoms with Crippen molar-refractivity contribution in [3.05, 3.63) is 35.6 Å². The first-order valence-corrected chi connectivity index (χ1v) is 7.20. The van der Waals surface area contributed by atoms with Gasteiger partial charge in [0.2, 0.25) is 5.91 Å². The van der Waals surface area contributed by atoms with E-state index in [9.17, 15) is 14.0 Å². The van der Waals surface area contributed by atoms with Crippen LogP contribution >= 0.6 is 0 Å². The van der Waals surface area contributed by atoms with Crippen molar-refractivity contribution in [1.82, 2.24) is 5.32 Å². The molecule has 2 rings (SSSR count). The second kappa shape index (κ2) is 7.20. The van der Waals surface area contributed by atoms with Crippen LogP contribution in [0, 0.1) is 11.7 Å². The molecule has 5 heteroatoms. The van der Waals surface area contributed by atoms with Crippen molar-refractivity contribution >= 4 is 11.9 Å². The van der Waals surface area contributed by atoms with E-state index in [0.29, 0.717) is 5.56 Å². The summed E-state index contributed by atoms with van der Waals surface area (Å²) in [5.74, 6) is -0.774. The number of esters is 1. The van der Waals surface area contributed by atoms with Gasteiger partial charge in [-0.2, -0.15) is 0 Å². The van der Waals surface area contributed by atoms with Crippen LogP contribution in [0.5, 0.6) is 0 Å². The van der Waals surface area contributed by atoms with Crippen molar-refractivity contribution in [3.63, 3.8) is 0 Å². The third-order valence-corrected chi connectivity index (χ3v) is 3.94. The molecular formula is C16H20FNO3. The van der Waals surface area contributed by atoms with Crippen molar-refractivity contribution in [2.24, 2.45) is 5.92 Å². The Morgan fingerprint density at radius 1 is 1.24 bits per heavy atom. The lowest BCUT2D eigenvalue weighted by Crippen LogP contribution is -2.39. The Kier molecular flexibility index (Phi) is 5.31. The zero-order chi connectivity index (χ0) is 15.2. The van der Waals surface area contributed by atoms with Gasteiger partial charge in [-0.05, 0) is 37.3 Å². The highest BCUT2D eigenvalue weighted by atomic mass is 19.1. The monoisotopic (exact) mass is 293 g/mol. The van der Waals surface area contributed by atoms with Crippen molar-refractivity contribution in [3.8, 4) is 0 Å². The number of hydrogen-bond donors (Lipinski definition) is 1. The fourth-order valence-corrected chi connectivity index (χ4v) is 2.73.